The van der Waals surface area contributed by atoms with Gasteiger partial charge in [0.1, 0.15) is 0 Å². The molecule has 0 amide bonds. The quantitative estimate of drug-likeness (QED) is 0.491. The molecule has 24 heavy (non-hydrogen) atoms. The van der Waals surface area contributed by atoms with E-state index >= 15 is 0 Å². The van der Waals surface area contributed by atoms with Crippen LogP contribution in [0.1, 0.15) is 11.4 Å². The Balaban J connectivity index is 1.62. The van der Waals surface area contributed by atoms with Crippen molar-refractivity contribution in [3.05, 3.63) is 78.1 Å². The molecule has 0 saturated heterocycles. The average Bonchev–Trinajstić information content (AvgIpc) is 2.61. The number of rotatable bonds is 6. The first-order valence-corrected chi connectivity index (χ1v) is 9.59. The molecule has 0 aliphatic heterocycles. The Kier molecular flexibility index (Phi) is 5.67. The summed E-state index contributed by atoms with van der Waals surface area (Å²) in [5.74, 6) is 1.61. The van der Waals surface area contributed by atoms with E-state index in [2.05, 4.69) is 18.2 Å². The minimum Gasteiger partial charge on any atom is -0.398 e. The number of nitrogen functional groups attached to an aromatic ring is 2. The van der Waals surface area contributed by atoms with Crippen LogP contribution in [-0.4, -0.2) is 4.98 Å². The molecule has 1 heterocycles. The molecule has 3 rings (SSSR count). The Morgan fingerprint density at radius 3 is 1.54 bits per heavy atom. The lowest BCUT2D eigenvalue weighted by atomic mass is 10.3. The number of pyridine rings is 1. The Bertz CT molecular complexity index is 756. The Hall–Kier alpha value is -2.11. The second-order valence-corrected chi connectivity index (χ2v) is 7.31. The maximum absolute atomic E-state index is 5.98. The van der Waals surface area contributed by atoms with Crippen LogP contribution in [0.3, 0.4) is 0 Å². The summed E-state index contributed by atoms with van der Waals surface area (Å²) >= 11 is 3.42. The van der Waals surface area contributed by atoms with E-state index in [0.29, 0.717) is 0 Å². The molecule has 3 nitrogen and oxygen atoms in total. The molecule has 4 N–H and O–H groups in total. The number of benzene rings is 2. The summed E-state index contributed by atoms with van der Waals surface area (Å²) < 4.78 is 0. The topological polar surface area (TPSA) is 64.9 Å². The lowest BCUT2D eigenvalue weighted by molar-refractivity contribution is 1.09. The molecule has 1 aromatic heterocycles. The van der Waals surface area contributed by atoms with E-state index in [4.69, 9.17) is 16.5 Å². The van der Waals surface area contributed by atoms with Crippen molar-refractivity contribution >= 4 is 34.9 Å². The molecule has 3 aromatic rings. The molecule has 0 radical (unpaired) electrons. The normalized spacial score (nSPS) is 10.7. The van der Waals surface area contributed by atoms with Gasteiger partial charge in [-0.25, -0.2) is 0 Å². The van der Waals surface area contributed by atoms with Crippen LogP contribution in [0.2, 0.25) is 0 Å². The maximum Gasteiger partial charge on any atom is 0.0509 e. The third-order valence-electron chi connectivity index (χ3n) is 3.45. The fourth-order valence-electron chi connectivity index (χ4n) is 2.22. The van der Waals surface area contributed by atoms with E-state index in [-0.39, 0.29) is 0 Å². The van der Waals surface area contributed by atoms with Gasteiger partial charge in [0, 0.05) is 32.7 Å². The van der Waals surface area contributed by atoms with Crippen LogP contribution in [-0.2, 0) is 11.5 Å². The highest BCUT2D eigenvalue weighted by Gasteiger charge is 2.04. The van der Waals surface area contributed by atoms with Gasteiger partial charge in [-0.1, -0.05) is 30.3 Å². The fourth-order valence-corrected chi connectivity index (χ4v) is 3.96. The number of hydrogen-bond donors (Lipinski definition) is 2. The lowest BCUT2D eigenvalue weighted by Gasteiger charge is -2.07. The van der Waals surface area contributed by atoms with Gasteiger partial charge in [0.15, 0.2) is 0 Å². The zero-order valence-electron chi connectivity index (χ0n) is 13.2. The first kappa shape index (κ1) is 16.7. The third-order valence-corrected chi connectivity index (χ3v) is 5.70. The Labute approximate surface area is 150 Å². The van der Waals surface area contributed by atoms with Gasteiger partial charge in [-0.05, 0) is 36.4 Å². The largest absolute Gasteiger partial charge is 0.398 e. The number of nitrogens with zero attached hydrogens (tertiary/aromatic N) is 1. The van der Waals surface area contributed by atoms with Crippen molar-refractivity contribution in [3.63, 3.8) is 0 Å². The maximum atomic E-state index is 5.98. The summed E-state index contributed by atoms with van der Waals surface area (Å²) in [4.78, 5) is 6.93. The summed E-state index contributed by atoms with van der Waals surface area (Å²) in [5, 5.41) is 0. The van der Waals surface area contributed by atoms with Gasteiger partial charge in [0.25, 0.3) is 0 Å². The van der Waals surface area contributed by atoms with Crippen molar-refractivity contribution < 1.29 is 0 Å². The predicted molar refractivity (Wildman–Crippen MR) is 105 cm³/mol. The Morgan fingerprint density at radius 1 is 0.625 bits per heavy atom. The third kappa shape index (κ3) is 4.46. The minimum atomic E-state index is 0.806. The standard InChI is InChI=1S/C19H19N3S2/c20-16-8-1-3-10-18(16)23-12-14-6-5-7-15(22-14)13-24-19-11-4-2-9-17(19)21/h1-11H,12-13,20-21H2. The van der Waals surface area contributed by atoms with E-state index in [1.807, 2.05) is 48.5 Å². The summed E-state index contributed by atoms with van der Waals surface area (Å²) in [6.45, 7) is 0. The predicted octanol–water partition coefficient (Wildman–Crippen LogP) is 4.83. The first-order chi connectivity index (χ1) is 11.7. The van der Waals surface area contributed by atoms with Crippen LogP contribution in [0, 0.1) is 0 Å². The van der Waals surface area contributed by atoms with Crippen molar-refractivity contribution in [2.75, 3.05) is 11.5 Å². The molecule has 0 spiro atoms. The van der Waals surface area contributed by atoms with E-state index in [1.54, 1.807) is 23.5 Å². The molecule has 0 bridgehead atoms. The molecular formula is C19H19N3S2. The van der Waals surface area contributed by atoms with Crippen LogP contribution < -0.4 is 11.5 Å². The van der Waals surface area contributed by atoms with Gasteiger partial charge in [-0.15, -0.1) is 23.5 Å². The summed E-state index contributed by atoms with van der Waals surface area (Å²) in [6.07, 6.45) is 0. The molecule has 0 fully saturated rings. The number of nitrogens with two attached hydrogens (primary N) is 2. The summed E-state index contributed by atoms with van der Waals surface area (Å²) in [5.41, 5.74) is 15.7. The molecule has 0 aliphatic carbocycles. The van der Waals surface area contributed by atoms with Crippen LogP contribution in [0.25, 0.3) is 0 Å². The minimum absolute atomic E-state index is 0.806. The van der Waals surface area contributed by atoms with Crippen molar-refractivity contribution in [2.24, 2.45) is 0 Å². The zero-order chi connectivity index (χ0) is 16.8. The molecule has 2 aromatic carbocycles. The SMILES string of the molecule is Nc1ccccc1SCc1cccc(CSc2ccccc2N)n1. The summed E-state index contributed by atoms with van der Waals surface area (Å²) in [6, 6.07) is 22.0. The molecule has 5 heteroatoms. The molecule has 0 saturated carbocycles. The number of aromatic nitrogens is 1. The van der Waals surface area contributed by atoms with Gasteiger partial charge in [0.05, 0.1) is 11.4 Å². The fraction of sp³-hybridized carbons (Fsp3) is 0.105. The number of hydrogen-bond acceptors (Lipinski definition) is 5. The van der Waals surface area contributed by atoms with Crippen molar-refractivity contribution in [3.8, 4) is 0 Å². The van der Waals surface area contributed by atoms with E-state index in [1.165, 1.54) is 0 Å². The zero-order valence-corrected chi connectivity index (χ0v) is 14.8. The highest BCUT2D eigenvalue weighted by Crippen LogP contribution is 2.29. The van der Waals surface area contributed by atoms with Gasteiger partial charge in [-0.2, -0.15) is 0 Å². The Morgan fingerprint density at radius 2 is 1.08 bits per heavy atom. The summed E-state index contributed by atoms with van der Waals surface area (Å²) in [7, 11) is 0. The van der Waals surface area contributed by atoms with Gasteiger partial charge < -0.3 is 11.5 Å². The van der Waals surface area contributed by atoms with Crippen LogP contribution in [0.4, 0.5) is 11.4 Å². The average molecular weight is 354 g/mol. The lowest BCUT2D eigenvalue weighted by Crippen LogP contribution is -1.94. The number of para-hydroxylation sites is 2. The van der Waals surface area contributed by atoms with Gasteiger partial charge >= 0.3 is 0 Å². The van der Waals surface area contributed by atoms with Gasteiger partial charge in [0.2, 0.25) is 0 Å². The van der Waals surface area contributed by atoms with Crippen molar-refractivity contribution in [2.45, 2.75) is 21.3 Å². The van der Waals surface area contributed by atoms with E-state index < -0.39 is 0 Å². The van der Waals surface area contributed by atoms with Crippen LogP contribution in [0.15, 0.2) is 76.5 Å². The second-order valence-electron chi connectivity index (χ2n) is 5.27. The van der Waals surface area contributed by atoms with E-state index in [0.717, 1.165) is 44.1 Å². The molecule has 0 unspecified atom stereocenters. The monoisotopic (exact) mass is 353 g/mol. The highest BCUT2D eigenvalue weighted by molar-refractivity contribution is 7.99. The molecule has 0 atom stereocenters. The smallest absolute Gasteiger partial charge is 0.0509 e. The molecule has 0 aliphatic rings. The van der Waals surface area contributed by atoms with Crippen LogP contribution in [0.5, 0.6) is 0 Å². The van der Waals surface area contributed by atoms with Crippen molar-refractivity contribution in [1.82, 2.24) is 4.98 Å². The highest BCUT2D eigenvalue weighted by atomic mass is 32.2. The number of thioether (sulfide) groups is 2. The van der Waals surface area contributed by atoms with Crippen LogP contribution >= 0.6 is 23.5 Å². The molecular weight excluding hydrogens is 334 g/mol. The number of anilines is 2. The van der Waals surface area contributed by atoms with Crippen molar-refractivity contribution in [1.29, 1.82) is 0 Å². The second kappa shape index (κ2) is 8.13. The molecule has 122 valence electrons. The van der Waals surface area contributed by atoms with E-state index in [9.17, 15) is 0 Å². The van der Waals surface area contributed by atoms with Gasteiger partial charge in [-0.3, -0.25) is 4.98 Å². The first-order valence-electron chi connectivity index (χ1n) is 7.62.